The normalized spacial score (nSPS) is 19.8. The van der Waals surface area contributed by atoms with Crippen molar-refractivity contribution in [1.82, 2.24) is 4.90 Å². The van der Waals surface area contributed by atoms with Gasteiger partial charge in [-0.15, -0.1) is 0 Å². The molecule has 1 aliphatic heterocycles. The van der Waals surface area contributed by atoms with Crippen molar-refractivity contribution in [2.45, 2.75) is 25.4 Å². The molecule has 0 spiro atoms. The van der Waals surface area contributed by atoms with Crippen LogP contribution in [-0.2, 0) is 4.79 Å². The SMILES string of the molecule is O=C(O)CCN1CCCC(Oc2c(Cl)cccc2Cl)C1. The van der Waals surface area contributed by atoms with Gasteiger partial charge >= 0.3 is 5.97 Å². The standard InChI is InChI=1S/C14H17Cl2NO3/c15-11-4-1-5-12(16)14(11)20-10-3-2-7-17(9-10)8-6-13(18)19/h1,4-5,10H,2-3,6-9H2,(H,18,19). The molecule has 1 aliphatic rings. The zero-order valence-corrected chi connectivity index (χ0v) is 12.5. The lowest BCUT2D eigenvalue weighted by atomic mass is 10.1. The van der Waals surface area contributed by atoms with Crippen molar-refractivity contribution in [2.75, 3.05) is 19.6 Å². The number of likely N-dealkylation sites (tertiary alicyclic amines) is 1. The molecule has 1 fully saturated rings. The zero-order valence-electron chi connectivity index (χ0n) is 11.0. The lowest BCUT2D eigenvalue weighted by Gasteiger charge is -2.32. The van der Waals surface area contributed by atoms with E-state index in [0.29, 0.717) is 28.9 Å². The van der Waals surface area contributed by atoms with Gasteiger partial charge in [-0.2, -0.15) is 0 Å². The van der Waals surface area contributed by atoms with Gasteiger partial charge in [-0.3, -0.25) is 9.69 Å². The van der Waals surface area contributed by atoms with Gasteiger partial charge in [0.1, 0.15) is 6.10 Å². The molecule has 1 atom stereocenters. The van der Waals surface area contributed by atoms with Crippen molar-refractivity contribution in [1.29, 1.82) is 0 Å². The maximum Gasteiger partial charge on any atom is 0.304 e. The number of para-hydroxylation sites is 1. The van der Waals surface area contributed by atoms with Crippen LogP contribution < -0.4 is 4.74 Å². The number of aliphatic carboxylic acids is 1. The Bertz CT molecular complexity index is 461. The minimum atomic E-state index is -0.776. The van der Waals surface area contributed by atoms with E-state index < -0.39 is 5.97 Å². The fourth-order valence-electron chi connectivity index (χ4n) is 2.33. The maximum atomic E-state index is 10.6. The highest BCUT2D eigenvalue weighted by Crippen LogP contribution is 2.34. The quantitative estimate of drug-likeness (QED) is 0.905. The summed E-state index contributed by atoms with van der Waals surface area (Å²) in [6.45, 7) is 2.16. The van der Waals surface area contributed by atoms with E-state index in [0.717, 1.165) is 19.4 Å². The van der Waals surface area contributed by atoms with Crippen molar-refractivity contribution in [3.05, 3.63) is 28.2 Å². The first kappa shape index (κ1) is 15.4. The molecule has 0 bridgehead atoms. The predicted octanol–water partition coefficient (Wildman–Crippen LogP) is 3.31. The first-order valence-electron chi connectivity index (χ1n) is 6.61. The van der Waals surface area contributed by atoms with Crippen LogP contribution in [0.25, 0.3) is 0 Å². The molecule has 110 valence electrons. The predicted molar refractivity (Wildman–Crippen MR) is 78.8 cm³/mol. The highest BCUT2D eigenvalue weighted by atomic mass is 35.5. The molecule has 2 rings (SSSR count). The van der Waals surface area contributed by atoms with Crippen LogP contribution in [0.5, 0.6) is 5.75 Å². The van der Waals surface area contributed by atoms with Crippen LogP contribution in [0.3, 0.4) is 0 Å². The summed E-state index contributed by atoms with van der Waals surface area (Å²) in [7, 11) is 0. The molecular weight excluding hydrogens is 301 g/mol. The van der Waals surface area contributed by atoms with E-state index in [1.807, 2.05) is 0 Å². The van der Waals surface area contributed by atoms with Gasteiger partial charge in [-0.1, -0.05) is 29.3 Å². The number of carbonyl (C=O) groups is 1. The fraction of sp³-hybridized carbons (Fsp3) is 0.500. The second kappa shape index (κ2) is 7.16. The third-order valence-electron chi connectivity index (χ3n) is 3.31. The molecule has 1 aromatic carbocycles. The molecular formula is C14H17Cl2NO3. The molecule has 1 saturated heterocycles. The molecule has 0 amide bonds. The van der Waals surface area contributed by atoms with E-state index in [9.17, 15) is 4.79 Å². The summed E-state index contributed by atoms with van der Waals surface area (Å²) in [5.41, 5.74) is 0. The monoisotopic (exact) mass is 317 g/mol. The fourth-order valence-corrected chi connectivity index (χ4v) is 2.81. The summed E-state index contributed by atoms with van der Waals surface area (Å²) < 4.78 is 5.90. The van der Waals surface area contributed by atoms with E-state index in [1.165, 1.54) is 0 Å². The van der Waals surface area contributed by atoms with Gasteiger partial charge in [0.25, 0.3) is 0 Å². The Kier molecular flexibility index (Phi) is 5.52. The second-order valence-electron chi connectivity index (χ2n) is 4.88. The summed E-state index contributed by atoms with van der Waals surface area (Å²) in [6, 6.07) is 5.26. The van der Waals surface area contributed by atoms with Crippen molar-refractivity contribution in [3.8, 4) is 5.75 Å². The van der Waals surface area contributed by atoms with Gasteiger partial charge in [0.2, 0.25) is 0 Å². The summed E-state index contributed by atoms with van der Waals surface area (Å²) in [4.78, 5) is 12.7. The van der Waals surface area contributed by atoms with Crippen LogP contribution in [0, 0.1) is 0 Å². The smallest absolute Gasteiger partial charge is 0.304 e. The van der Waals surface area contributed by atoms with Crippen LogP contribution in [0.1, 0.15) is 19.3 Å². The Balaban J connectivity index is 1.94. The molecule has 4 nitrogen and oxygen atoms in total. The lowest BCUT2D eigenvalue weighted by molar-refractivity contribution is -0.137. The number of hydrogen-bond donors (Lipinski definition) is 1. The highest BCUT2D eigenvalue weighted by Gasteiger charge is 2.23. The van der Waals surface area contributed by atoms with E-state index in [1.54, 1.807) is 18.2 Å². The third kappa shape index (κ3) is 4.27. The number of carboxylic acids is 1. The molecule has 1 aromatic rings. The minimum Gasteiger partial charge on any atom is -0.486 e. The molecule has 0 saturated carbocycles. The van der Waals surface area contributed by atoms with Crippen molar-refractivity contribution >= 4 is 29.2 Å². The summed E-state index contributed by atoms with van der Waals surface area (Å²) in [6.07, 6.45) is 2.05. The minimum absolute atomic E-state index is 0.00468. The van der Waals surface area contributed by atoms with Gasteiger partial charge in [-0.25, -0.2) is 0 Å². The van der Waals surface area contributed by atoms with Crippen molar-refractivity contribution < 1.29 is 14.6 Å². The topological polar surface area (TPSA) is 49.8 Å². The molecule has 0 aromatic heterocycles. The van der Waals surface area contributed by atoms with E-state index in [-0.39, 0.29) is 12.5 Å². The van der Waals surface area contributed by atoms with Gasteiger partial charge in [0, 0.05) is 13.1 Å². The summed E-state index contributed by atoms with van der Waals surface area (Å²) >= 11 is 12.2. The lowest BCUT2D eigenvalue weighted by Crippen LogP contribution is -2.42. The first-order valence-corrected chi connectivity index (χ1v) is 7.36. The Hall–Kier alpha value is -0.970. The number of rotatable bonds is 5. The number of piperidine rings is 1. The highest BCUT2D eigenvalue weighted by molar-refractivity contribution is 6.37. The van der Waals surface area contributed by atoms with Crippen LogP contribution in [0.4, 0.5) is 0 Å². The number of benzene rings is 1. The van der Waals surface area contributed by atoms with Gasteiger partial charge in [0.05, 0.1) is 16.5 Å². The summed E-state index contributed by atoms with van der Waals surface area (Å²) in [5.74, 6) is -0.261. The number of ether oxygens (including phenoxy) is 1. The second-order valence-corrected chi connectivity index (χ2v) is 5.69. The van der Waals surface area contributed by atoms with Gasteiger partial charge in [-0.05, 0) is 31.5 Å². The van der Waals surface area contributed by atoms with Crippen LogP contribution in [0.15, 0.2) is 18.2 Å². The Morgan fingerprint density at radius 2 is 2.10 bits per heavy atom. The molecule has 6 heteroatoms. The Morgan fingerprint density at radius 1 is 1.40 bits per heavy atom. The average molecular weight is 318 g/mol. The summed E-state index contributed by atoms with van der Waals surface area (Å²) in [5, 5.41) is 9.73. The number of halogens is 2. The number of carboxylic acid groups (broad SMARTS) is 1. The molecule has 1 heterocycles. The third-order valence-corrected chi connectivity index (χ3v) is 3.90. The van der Waals surface area contributed by atoms with Gasteiger partial charge in [0.15, 0.2) is 5.75 Å². The number of nitrogens with zero attached hydrogens (tertiary/aromatic N) is 1. The van der Waals surface area contributed by atoms with Crippen LogP contribution >= 0.6 is 23.2 Å². The Morgan fingerprint density at radius 3 is 2.75 bits per heavy atom. The average Bonchev–Trinajstić information content (AvgIpc) is 2.41. The zero-order chi connectivity index (χ0) is 14.5. The largest absolute Gasteiger partial charge is 0.486 e. The molecule has 1 N–H and O–H groups in total. The molecule has 20 heavy (non-hydrogen) atoms. The molecule has 1 unspecified atom stereocenters. The maximum absolute atomic E-state index is 10.6. The van der Waals surface area contributed by atoms with Crippen LogP contribution in [-0.4, -0.2) is 41.7 Å². The van der Waals surface area contributed by atoms with E-state index >= 15 is 0 Å². The van der Waals surface area contributed by atoms with Gasteiger partial charge < -0.3 is 9.84 Å². The van der Waals surface area contributed by atoms with Crippen molar-refractivity contribution in [3.63, 3.8) is 0 Å². The van der Waals surface area contributed by atoms with Crippen molar-refractivity contribution in [2.24, 2.45) is 0 Å². The first-order chi connectivity index (χ1) is 9.56. The van der Waals surface area contributed by atoms with E-state index in [4.69, 9.17) is 33.0 Å². The molecule has 0 radical (unpaired) electrons. The molecule has 0 aliphatic carbocycles. The number of hydrogen-bond acceptors (Lipinski definition) is 3. The van der Waals surface area contributed by atoms with Crippen LogP contribution in [0.2, 0.25) is 10.0 Å². The Labute approximate surface area is 128 Å². The van der Waals surface area contributed by atoms with E-state index in [2.05, 4.69) is 4.90 Å².